The van der Waals surface area contributed by atoms with Crippen LogP contribution in [-0.4, -0.2) is 19.2 Å². The molecule has 6 heteroatoms. The van der Waals surface area contributed by atoms with Crippen molar-refractivity contribution in [2.24, 2.45) is 0 Å². The van der Waals surface area contributed by atoms with Crippen molar-refractivity contribution in [3.05, 3.63) is 77.3 Å². The lowest BCUT2D eigenvalue weighted by Gasteiger charge is -1.95. The highest BCUT2D eigenvalue weighted by Crippen LogP contribution is 2.19. The Hall–Kier alpha value is -3.15. The summed E-state index contributed by atoms with van der Waals surface area (Å²) in [6.07, 6.45) is 3.34. The van der Waals surface area contributed by atoms with Crippen LogP contribution in [0.4, 0.5) is 0 Å². The number of fused-ring (bicyclic) bond motifs is 1. The van der Waals surface area contributed by atoms with E-state index < -0.39 is 0 Å². The predicted molar refractivity (Wildman–Crippen MR) is 80.5 cm³/mol. The molecule has 0 atom stereocenters. The molecule has 0 saturated heterocycles. The van der Waals surface area contributed by atoms with Gasteiger partial charge in [-0.2, -0.15) is 0 Å². The molecule has 0 fully saturated rings. The highest BCUT2D eigenvalue weighted by molar-refractivity contribution is 5.55. The van der Waals surface area contributed by atoms with E-state index in [0.29, 0.717) is 17.3 Å². The molecule has 0 aliphatic rings. The topological polar surface area (TPSA) is 65.3 Å². The monoisotopic (exact) mass is 292 g/mol. The average molecular weight is 292 g/mol. The molecule has 4 aromatic rings. The normalized spacial score (nSPS) is 11.1. The van der Waals surface area contributed by atoms with Crippen molar-refractivity contribution in [2.75, 3.05) is 0 Å². The van der Waals surface area contributed by atoms with E-state index in [1.807, 2.05) is 36.4 Å². The maximum Gasteiger partial charge on any atom is 0.350 e. The third-order valence-corrected chi connectivity index (χ3v) is 3.39. The van der Waals surface area contributed by atoms with E-state index in [2.05, 4.69) is 10.1 Å². The number of rotatable bonds is 3. The van der Waals surface area contributed by atoms with Crippen molar-refractivity contribution in [3.8, 4) is 11.3 Å². The van der Waals surface area contributed by atoms with Crippen LogP contribution in [0.3, 0.4) is 0 Å². The van der Waals surface area contributed by atoms with Crippen molar-refractivity contribution in [2.45, 2.75) is 6.54 Å². The van der Waals surface area contributed by atoms with E-state index in [9.17, 15) is 4.79 Å². The summed E-state index contributed by atoms with van der Waals surface area (Å²) in [4.78, 5) is 16.4. The zero-order chi connectivity index (χ0) is 14.9. The summed E-state index contributed by atoms with van der Waals surface area (Å²) in [7, 11) is 0. The number of nitrogens with zero attached hydrogens (tertiary/aromatic N) is 4. The minimum Gasteiger partial charge on any atom is -0.439 e. The molecule has 0 aliphatic heterocycles. The fourth-order valence-corrected chi connectivity index (χ4v) is 2.32. The van der Waals surface area contributed by atoms with Gasteiger partial charge in [-0.25, -0.2) is 14.5 Å². The number of benzene rings is 1. The predicted octanol–water partition coefficient (Wildman–Crippen LogP) is 2.20. The summed E-state index contributed by atoms with van der Waals surface area (Å²) in [5.74, 6) is 1.12. The van der Waals surface area contributed by atoms with Gasteiger partial charge in [-0.05, 0) is 12.1 Å². The van der Waals surface area contributed by atoms with Crippen LogP contribution in [0.15, 0.2) is 70.1 Å². The van der Waals surface area contributed by atoms with Crippen LogP contribution in [0.25, 0.3) is 17.0 Å². The Labute approximate surface area is 125 Å². The molecule has 0 bridgehead atoms. The van der Waals surface area contributed by atoms with Gasteiger partial charge in [0, 0.05) is 11.8 Å². The molecule has 0 saturated carbocycles. The zero-order valence-electron chi connectivity index (χ0n) is 11.6. The summed E-state index contributed by atoms with van der Waals surface area (Å²) >= 11 is 0. The summed E-state index contributed by atoms with van der Waals surface area (Å²) in [6, 6.07) is 15.1. The third kappa shape index (κ3) is 2.10. The second-order valence-electron chi connectivity index (χ2n) is 4.85. The van der Waals surface area contributed by atoms with Gasteiger partial charge in [0.15, 0.2) is 11.4 Å². The largest absolute Gasteiger partial charge is 0.439 e. The quantitative estimate of drug-likeness (QED) is 0.580. The van der Waals surface area contributed by atoms with Crippen LogP contribution in [0.5, 0.6) is 0 Å². The summed E-state index contributed by atoms with van der Waals surface area (Å²) in [5, 5.41) is 4.26. The summed E-state index contributed by atoms with van der Waals surface area (Å²) in [6.45, 7) is 0.202. The van der Waals surface area contributed by atoms with Gasteiger partial charge in [0.1, 0.15) is 6.54 Å². The maximum atomic E-state index is 12.2. The first-order valence-electron chi connectivity index (χ1n) is 6.85. The fourth-order valence-electron chi connectivity index (χ4n) is 2.32. The van der Waals surface area contributed by atoms with Crippen LogP contribution >= 0.6 is 0 Å². The molecular formula is C16H12N4O2. The Bertz CT molecular complexity index is 982. The van der Waals surface area contributed by atoms with E-state index in [1.54, 1.807) is 24.5 Å². The molecule has 0 N–H and O–H groups in total. The minimum absolute atomic E-state index is 0.202. The van der Waals surface area contributed by atoms with E-state index in [1.165, 1.54) is 9.08 Å². The molecule has 3 aromatic heterocycles. The zero-order valence-corrected chi connectivity index (χ0v) is 11.6. The number of pyridine rings is 1. The Kier molecular flexibility index (Phi) is 2.86. The van der Waals surface area contributed by atoms with Crippen molar-refractivity contribution in [1.29, 1.82) is 0 Å². The van der Waals surface area contributed by atoms with Gasteiger partial charge in [0.2, 0.25) is 5.89 Å². The molecule has 0 aliphatic carbocycles. The van der Waals surface area contributed by atoms with E-state index in [0.717, 1.165) is 5.56 Å². The van der Waals surface area contributed by atoms with Gasteiger partial charge in [-0.3, -0.25) is 4.40 Å². The number of hydrogen-bond acceptors (Lipinski definition) is 4. The van der Waals surface area contributed by atoms with Crippen molar-refractivity contribution in [3.63, 3.8) is 0 Å². The number of hydrogen-bond donors (Lipinski definition) is 0. The van der Waals surface area contributed by atoms with Gasteiger partial charge in [0.25, 0.3) is 0 Å². The van der Waals surface area contributed by atoms with Crippen LogP contribution in [0.1, 0.15) is 5.89 Å². The van der Waals surface area contributed by atoms with Gasteiger partial charge >= 0.3 is 5.69 Å². The van der Waals surface area contributed by atoms with Crippen molar-refractivity contribution in [1.82, 2.24) is 19.2 Å². The fraction of sp³-hybridized carbons (Fsp3) is 0.0625. The van der Waals surface area contributed by atoms with E-state index in [-0.39, 0.29) is 12.2 Å². The van der Waals surface area contributed by atoms with Crippen molar-refractivity contribution >= 4 is 5.65 Å². The van der Waals surface area contributed by atoms with E-state index >= 15 is 0 Å². The molecule has 0 unspecified atom stereocenters. The number of oxazole rings is 1. The molecular weight excluding hydrogens is 280 g/mol. The standard InChI is InChI=1S/C16H12N4O2/c21-16-19-9-5-4-8-14(19)18-20(16)11-15-17-10-13(22-15)12-6-2-1-3-7-12/h1-10H,11H2. The first-order valence-corrected chi connectivity index (χ1v) is 6.85. The molecule has 0 spiro atoms. The molecule has 0 amide bonds. The Morgan fingerprint density at radius 3 is 2.68 bits per heavy atom. The second kappa shape index (κ2) is 5.00. The molecule has 6 nitrogen and oxygen atoms in total. The Morgan fingerprint density at radius 2 is 1.86 bits per heavy atom. The lowest BCUT2D eigenvalue weighted by Crippen LogP contribution is -2.21. The van der Waals surface area contributed by atoms with Crippen LogP contribution < -0.4 is 5.69 Å². The van der Waals surface area contributed by atoms with Crippen LogP contribution in [0.2, 0.25) is 0 Å². The second-order valence-corrected chi connectivity index (χ2v) is 4.85. The highest BCUT2D eigenvalue weighted by atomic mass is 16.4. The van der Waals surface area contributed by atoms with Gasteiger partial charge in [-0.15, -0.1) is 5.10 Å². The molecule has 0 radical (unpaired) electrons. The van der Waals surface area contributed by atoms with Gasteiger partial charge in [-0.1, -0.05) is 36.4 Å². The molecule has 1 aromatic carbocycles. The Morgan fingerprint density at radius 1 is 1.05 bits per heavy atom. The first kappa shape index (κ1) is 12.6. The molecule has 4 rings (SSSR count). The van der Waals surface area contributed by atoms with E-state index in [4.69, 9.17) is 4.42 Å². The molecule has 3 heterocycles. The molecule has 108 valence electrons. The lowest BCUT2D eigenvalue weighted by molar-refractivity contribution is 0.469. The summed E-state index contributed by atoms with van der Waals surface area (Å²) < 4.78 is 8.53. The SMILES string of the molecule is O=c1n(Cc2ncc(-c3ccccc3)o2)nc2ccccn12. The van der Waals surface area contributed by atoms with Gasteiger partial charge < -0.3 is 4.42 Å². The lowest BCUT2D eigenvalue weighted by atomic mass is 10.2. The first-order chi connectivity index (χ1) is 10.8. The highest BCUT2D eigenvalue weighted by Gasteiger charge is 2.11. The van der Waals surface area contributed by atoms with Crippen molar-refractivity contribution < 1.29 is 4.42 Å². The summed E-state index contributed by atoms with van der Waals surface area (Å²) in [5.41, 5.74) is 1.33. The smallest absolute Gasteiger partial charge is 0.350 e. The molecule has 22 heavy (non-hydrogen) atoms. The maximum absolute atomic E-state index is 12.2. The Balaban J connectivity index is 1.67. The minimum atomic E-state index is -0.213. The number of aromatic nitrogens is 4. The van der Waals surface area contributed by atoms with Gasteiger partial charge in [0.05, 0.1) is 6.20 Å². The third-order valence-electron chi connectivity index (χ3n) is 3.39. The van der Waals surface area contributed by atoms with Crippen LogP contribution in [-0.2, 0) is 6.54 Å². The average Bonchev–Trinajstić information content (AvgIpc) is 3.15. The van der Waals surface area contributed by atoms with Crippen LogP contribution in [0, 0.1) is 0 Å².